The van der Waals surface area contributed by atoms with Gasteiger partial charge in [-0.1, -0.05) is 54.7 Å². The van der Waals surface area contributed by atoms with E-state index in [4.69, 9.17) is 4.78 Å². The Labute approximate surface area is 183 Å². The molecule has 7 nitrogen and oxygen atoms in total. The van der Waals surface area contributed by atoms with Gasteiger partial charge in [0.2, 0.25) is 0 Å². The Kier molecular flexibility index (Phi) is 6.67. The van der Waals surface area contributed by atoms with Crippen LogP contribution in [-0.2, 0) is 27.7 Å². The van der Waals surface area contributed by atoms with Crippen molar-refractivity contribution in [3.63, 3.8) is 0 Å². The van der Waals surface area contributed by atoms with Crippen LogP contribution >= 0.6 is 0 Å². The quantitative estimate of drug-likeness (QED) is 0.454. The van der Waals surface area contributed by atoms with Gasteiger partial charge in [-0.15, -0.1) is 0 Å². The first-order valence-corrected chi connectivity index (χ1v) is 15.1. The van der Waals surface area contributed by atoms with Crippen molar-refractivity contribution in [1.29, 1.82) is 4.78 Å². The third-order valence-corrected chi connectivity index (χ3v) is 12.7. The van der Waals surface area contributed by atoms with Crippen molar-refractivity contribution in [3.05, 3.63) is 59.2 Å². The molecule has 1 saturated carbocycles. The van der Waals surface area contributed by atoms with Crippen LogP contribution < -0.4 is 0 Å². The second-order valence-corrected chi connectivity index (χ2v) is 15.3. The lowest BCUT2D eigenvalue weighted by Crippen LogP contribution is -2.30. The fourth-order valence-electron chi connectivity index (χ4n) is 4.22. The van der Waals surface area contributed by atoms with E-state index in [1.807, 2.05) is 0 Å². The van der Waals surface area contributed by atoms with E-state index in [2.05, 4.69) is 0 Å². The van der Waals surface area contributed by atoms with E-state index < -0.39 is 43.8 Å². The van der Waals surface area contributed by atoms with Crippen LogP contribution in [0.25, 0.3) is 0 Å². The van der Waals surface area contributed by atoms with Gasteiger partial charge in [0.25, 0.3) is 19.0 Å². The predicted molar refractivity (Wildman–Crippen MR) is 120 cm³/mol. The molecule has 0 aliphatic heterocycles. The van der Waals surface area contributed by atoms with Crippen LogP contribution in [0.15, 0.2) is 52.3 Å². The van der Waals surface area contributed by atoms with Crippen LogP contribution in [0.3, 0.4) is 0 Å². The molecule has 0 bridgehead atoms. The molecule has 1 aliphatic rings. The molecule has 0 spiro atoms. The van der Waals surface area contributed by atoms with Gasteiger partial charge in [-0.2, -0.15) is 8.42 Å². The lowest BCUT2D eigenvalue weighted by atomic mass is 9.84. The number of rotatable bonds is 6. The van der Waals surface area contributed by atoms with Crippen LogP contribution in [0.1, 0.15) is 54.0 Å². The van der Waals surface area contributed by atoms with Crippen molar-refractivity contribution in [3.8, 4) is 0 Å². The second kappa shape index (κ2) is 8.65. The summed E-state index contributed by atoms with van der Waals surface area (Å²) in [5, 5.41) is -1.38. The molecular formula is C21H27NO6S3. The Bertz CT molecular complexity index is 1280. The van der Waals surface area contributed by atoms with Gasteiger partial charge in [-0.3, -0.25) is 4.55 Å². The number of nitrogens with one attached hydrogen (secondary N) is 1. The number of aryl methyl sites for hydroxylation is 2. The van der Waals surface area contributed by atoms with Gasteiger partial charge in [0.15, 0.2) is 8.76 Å². The molecule has 10 heteroatoms. The van der Waals surface area contributed by atoms with E-state index >= 15 is 0 Å². The van der Waals surface area contributed by atoms with Crippen molar-refractivity contribution in [2.75, 3.05) is 0 Å². The Hall–Kier alpha value is -1.75. The summed E-state index contributed by atoms with van der Waals surface area (Å²) in [6.07, 6.45) is 3.54. The fourth-order valence-corrected chi connectivity index (χ4v) is 10.1. The van der Waals surface area contributed by atoms with Crippen molar-refractivity contribution in [1.82, 2.24) is 0 Å². The highest BCUT2D eigenvalue weighted by Gasteiger charge is 2.43. The van der Waals surface area contributed by atoms with Gasteiger partial charge in [-0.05, 0) is 56.4 Å². The molecule has 0 saturated heterocycles. The van der Waals surface area contributed by atoms with Crippen LogP contribution in [0.2, 0.25) is 0 Å². The molecule has 1 aliphatic carbocycles. The maximum Gasteiger partial charge on any atom is 0.294 e. The Morgan fingerprint density at radius 3 is 1.97 bits per heavy atom. The van der Waals surface area contributed by atoms with Gasteiger partial charge >= 0.3 is 0 Å². The molecule has 2 aromatic carbocycles. The first-order chi connectivity index (χ1) is 14.4. The second-order valence-electron chi connectivity index (χ2n) is 8.15. The molecule has 0 aromatic heterocycles. The van der Waals surface area contributed by atoms with Crippen molar-refractivity contribution < 1.29 is 25.6 Å². The summed E-state index contributed by atoms with van der Waals surface area (Å²) in [4.78, 5) is -0.729. The topological polar surface area (TPSA) is 129 Å². The summed E-state index contributed by atoms with van der Waals surface area (Å²) in [5.41, 5.74) is 1.36. The lowest BCUT2D eigenvalue weighted by Gasteiger charge is -2.32. The maximum absolute atomic E-state index is 13.9. The summed E-state index contributed by atoms with van der Waals surface area (Å²) in [7, 11) is -13.7. The van der Waals surface area contributed by atoms with Crippen LogP contribution in [-0.4, -0.2) is 25.6 Å². The van der Waals surface area contributed by atoms with E-state index in [1.165, 1.54) is 30.3 Å². The van der Waals surface area contributed by atoms with Gasteiger partial charge in [0.1, 0.15) is 0 Å². The predicted octanol–water partition coefficient (Wildman–Crippen LogP) is 4.61. The zero-order valence-corrected chi connectivity index (χ0v) is 19.9. The van der Waals surface area contributed by atoms with Crippen LogP contribution in [0.4, 0.5) is 0 Å². The molecule has 0 radical (unpaired) electrons. The summed E-state index contributed by atoms with van der Waals surface area (Å²) >= 11 is 0. The largest absolute Gasteiger partial charge is 0.294 e. The Morgan fingerprint density at radius 2 is 1.42 bits per heavy atom. The minimum atomic E-state index is -4.71. The third kappa shape index (κ3) is 4.72. The van der Waals surface area contributed by atoms with Crippen molar-refractivity contribution in [2.45, 2.75) is 61.0 Å². The number of hydrogen-bond acceptors (Lipinski definition) is 6. The molecule has 0 amide bonds. The Balaban J connectivity index is 2.29. The van der Waals surface area contributed by atoms with Gasteiger partial charge in [0.05, 0.1) is 15.0 Å². The highest BCUT2D eigenvalue weighted by Crippen LogP contribution is 2.45. The highest BCUT2D eigenvalue weighted by molar-refractivity contribution is 8.67. The average molecular weight is 486 g/mol. The van der Waals surface area contributed by atoms with E-state index in [1.54, 1.807) is 26.0 Å². The van der Waals surface area contributed by atoms with Crippen LogP contribution in [0.5, 0.6) is 0 Å². The number of benzene rings is 2. The third-order valence-electron chi connectivity index (χ3n) is 5.80. The Morgan fingerprint density at radius 1 is 0.871 bits per heavy atom. The van der Waals surface area contributed by atoms with E-state index in [0.29, 0.717) is 18.4 Å². The molecule has 2 N–H and O–H groups in total. The summed E-state index contributed by atoms with van der Waals surface area (Å²) in [6, 6.07) is 9.85. The average Bonchev–Trinajstić information content (AvgIpc) is 2.68. The molecule has 3 rings (SSSR count). The summed E-state index contributed by atoms with van der Waals surface area (Å²) in [6.45, 7) is 3.47. The fraction of sp³-hybridized carbons (Fsp3) is 0.429. The van der Waals surface area contributed by atoms with Gasteiger partial charge in [-0.25, -0.2) is 17.4 Å². The summed E-state index contributed by atoms with van der Waals surface area (Å²) in [5.74, 6) is -0.457. The van der Waals surface area contributed by atoms with Gasteiger partial charge in [0, 0.05) is 0 Å². The van der Waals surface area contributed by atoms with E-state index in [-0.39, 0.29) is 10.5 Å². The minimum Gasteiger partial charge on any atom is -0.282 e. The zero-order valence-electron chi connectivity index (χ0n) is 17.4. The smallest absolute Gasteiger partial charge is 0.282 e. The maximum atomic E-state index is 13.9. The number of hydrogen-bond donors (Lipinski definition) is 2. The van der Waals surface area contributed by atoms with Crippen LogP contribution in [0, 0.1) is 24.5 Å². The molecule has 1 fully saturated rings. The summed E-state index contributed by atoms with van der Waals surface area (Å²) < 4.78 is 83.3. The lowest BCUT2D eigenvalue weighted by molar-refractivity contribution is 0.345. The first-order valence-electron chi connectivity index (χ1n) is 10.0. The van der Waals surface area contributed by atoms with Crippen molar-refractivity contribution >= 4 is 27.7 Å². The monoisotopic (exact) mass is 485 g/mol. The molecule has 31 heavy (non-hydrogen) atoms. The zero-order chi connectivity index (χ0) is 23.0. The minimum absolute atomic E-state index is 0.0647. The normalized spacial score (nSPS) is 18.9. The van der Waals surface area contributed by atoms with E-state index in [9.17, 15) is 25.6 Å². The van der Waals surface area contributed by atoms with Gasteiger partial charge < -0.3 is 0 Å². The SMILES string of the molecule is Cc1ccc(S(=O)(=O)S(=N)(=O)C(c2cc(C)ccc2S(=O)(=O)O)C2CCCCC2)cc1. The van der Waals surface area contributed by atoms with E-state index in [0.717, 1.165) is 24.8 Å². The molecule has 170 valence electrons. The molecule has 0 heterocycles. The molecule has 2 atom stereocenters. The standard InChI is InChI=1S/C21H27NO6S3/c1-15-8-11-18(12-9-15)31(27,28)29(22,23)21(17-6-4-3-5-7-17)19-14-16(2)10-13-20(19)30(24,25)26/h8-14,17,21-22H,3-7H2,1-2H3,(H,24,25,26). The van der Waals surface area contributed by atoms with Crippen molar-refractivity contribution in [2.24, 2.45) is 5.92 Å². The molecular weight excluding hydrogens is 458 g/mol. The highest BCUT2D eigenvalue weighted by atomic mass is 33.2. The molecule has 2 aromatic rings. The first kappa shape index (κ1) is 23.9. The molecule has 2 unspecified atom stereocenters.